The van der Waals surface area contributed by atoms with Crippen LogP contribution in [0.5, 0.6) is 0 Å². The number of carbonyl (C=O) groups is 2. The molecule has 2 atom stereocenters. The Hall–Kier alpha value is -4.78. The highest BCUT2D eigenvalue weighted by atomic mass is 19.1. The van der Waals surface area contributed by atoms with Crippen LogP contribution in [0.4, 0.5) is 26.4 Å². The summed E-state index contributed by atoms with van der Waals surface area (Å²) in [4.78, 5) is 41.3. The second kappa shape index (κ2) is 12.2. The molecule has 2 amide bonds. The zero-order valence-electron chi connectivity index (χ0n) is 29.1. The number of amides is 2. The van der Waals surface area contributed by atoms with E-state index in [1.54, 1.807) is 4.52 Å². The number of hydrogen-bond acceptors (Lipinski definition) is 9. The van der Waals surface area contributed by atoms with Crippen LogP contribution in [0.25, 0.3) is 16.9 Å². The van der Waals surface area contributed by atoms with Crippen molar-refractivity contribution in [2.75, 3.05) is 50.0 Å². The van der Waals surface area contributed by atoms with Crippen LogP contribution in [0.15, 0.2) is 48.8 Å². The third-order valence-corrected chi connectivity index (χ3v) is 10.4. The van der Waals surface area contributed by atoms with E-state index >= 15 is 0 Å². The van der Waals surface area contributed by atoms with E-state index in [1.807, 2.05) is 51.0 Å². The van der Waals surface area contributed by atoms with Gasteiger partial charge >= 0.3 is 6.09 Å². The Kier molecular flexibility index (Phi) is 7.92. The van der Waals surface area contributed by atoms with Crippen molar-refractivity contribution < 1.29 is 18.7 Å². The Balaban J connectivity index is 0.936. The van der Waals surface area contributed by atoms with Crippen LogP contribution in [-0.2, 0) is 17.7 Å². The van der Waals surface area contributed by atoms with Crippen molar-refractivity contribution in [3.8, 4) is 11.3 Å². The lowest BCUT2D eigenvalue weighted by molar-refractivity contribution is -0.0551. The summed E-state index contributed by atoms with van der Waals surface area (Å²) in [5.74, 6) is 0.299. The quantitative estimate of drug-likeness (QED) is 0.271. The van der Waals surface area contributed by atoms with E-state index < -0.39 is 17.8 Å². The molecule has 1 aliphatic carbocycles. The Morgan fingerprint density at radius 1 is 1.06 bits per heavy atom. The predicted molar refractivity (Wildman–Crippen MR) is 188 cm³/mol. The zero-order valence-corrected chi connectivity index (χ0v) is 29.1. The Morgan fingerprint density at radius 3 is 2.52 bits per heavy atom. The smallest absolute Gasteiger partial charge is 0.410 e. The molecule has 13 heteroatoms. The second-order valence-electron chi connectivity index (χ2n) is 15.2. The summed E-state index contributed by atoms with van der Waals surface area (Å²) in [6.45, 7) is 10.9. The van der Waals surface area contributed by atoms with Gasteiger partial charge in [0.15, 0.2) is 17.2 Å². The summed E-state index contributed by atoms with van der Waals surface area (Å²) in [5, 5.41) is 10.8. The molecular formula is C37H44FN9O3. The number of aromatic nitrogens is 4. The number of likely N-dealkylation sites (tertiary alicyclic amines) is 2. The first-order valence-corrected chi connectivity index (χ1v) is 17.6. The molecule has 50 heavy (non-hydrogen) atoms. The minimum atomic E-state index is -0.994. The van der Waals surface area contributed by atoms with Crippen LogP contribution < -0.4 is 15.5 Å². The van der Waals surface area contributed by atoms with Gasteiger partial charge in [0.1, 0.15) is 11.8 Å². The number of halogens is 1. The largest absolute Gasteiger partial charge is 0.444 e. The normalized spacial score (nSPS) is 21.2. The van der Waals surface area contributed by atoms with Crippen molar-refractivity contribution in [2.24, 2.45) is 5.41 Å². The van der Waals surface area contributed by atoms with Crippen molar-refractivity contribution in [2.45, 2.75) is 70.8 Å². The van der Waals surface area contributed by atoms with Crippen molar-refractivity contribution in [3.05, 3.63) is 65.6 Å². The van der Waals surface area contributed by atoms with Gasteiger partial charge in [0.05, 0.1) is 23.6 Å². The SMILES string of the molecule is CNc1cc(N2CCc3c(-c4ccc(CN5CC6(CCN(C(=O)OC(C)(C)C)CC6)C5)cn4)cccc32)nn2c(C(=O)N[C@@H]3C[C@@H]3F)cnc12. The number of benzene rings is 1. The lowest BCUT2D eigenvalue weighted by atomic mass is 9.72. The van der Waals surface area contributed by atoms with E-state index in [-0.39, 0.29) is 23.1 Å². The first-order chi connectivity index (χ1) is 24.0. The molecule has 4 aromatic rings. The van der Waals surface area contributed by atoms with Crippen LogP contribution in [-0.4, -0.2) is 99.0 Å². The molecule has 262 valence electrons. The van der Waals surface area contributed by atoms with Gasteiger partial charge in [0, 0.05) is 76.3 Å². The number of imidazole rings is 1. The fraction of sp³-hybridized carbons (Fsp3) is 0.486. The predicted octanol–water partition coefficient (Wildman–Crippen LogP) is 5.20. The Labute approximate surface area is 291 Å². The van der Waals surface area contributed by atoms with Crippen molar-refractivity contribution in [1.29, 1.82) is 0 Å². The highest BCUT2D eigenvalue weighted by molar-refractivity contribution is 5.94. The second-order valence-corrected chi connectivity index (χ2v) is 15.2. The molecule has 2 saturated heterocycles. The molecule has 4 aliphatic rings. The van der Waals surface area contributed by atoms with Crippen LogP contribution in [0.2, 0.25) is 0 Å². The lowest BCUT2D eigenvalue weighted by Gasteiger charge is -2.54. The van der Waals surface area contributed by atoms with Crippen molar-refractivity contribution >= 4 is 34.8 Å². The van der Waals surface area contributed by atoms with Gasteiger partial charge in [-0.25, -0.2) is 18.7 Å². The first kappa shape index (κ1) is 32.4. The molecule has 6 heterocycles. The van der Waals surface area contributed by atoms with Crippen LogP contribution in [0, 0.1) is 5.41 Å². The van der Waals surface area contributed by atoms with Gasteiger partial charge in [-0.1, -0.05) is 18.2 Å². The van der Waals surface area contributed by atoms with E-state index in [1.165, 1.54) is 17.3 Å². The highest BCUT2D eigenvalue weighted by Gasteiger charge is 2.45. The molecule has 3 aliphatic heterocycles. The van der Waals surface area contributed by atoms with Crippen LogP contribution >= 0.6 is 0 Å². The molecule has 1 saturated carbocycles. The van der Waals surface area contributed by atoms with E-state index in [9.17, 15) is 14.0 Å². The maximum Gasteiger partial charge on any atom is 0.410 e. The van der Waals surface area contributed by atoms with Gasteiger partial charge in [-0.15, -0.1) is 5.10 Å². The van der Waals surface area contributed by atoms with Crippen molar-refractivity contribution in [1.82, 2.24) is 34.7 Å². The number of alkyl halides is 1. The number of piperidine rings is 1. The number of nitrogens with one attached hydrogen (secondary N) is 2. The van der Waals surface area contributed by atoms with E-state index in [0.717, 1.165) is 81.2 Å². The molecule has 8 rings (SSSR count). The van der Waals surface area contributed by atoms with Gasteiger partial charge in [-0.3, -0.25) is 14.7 Å². The average molecular weight is 682 g/mol. The minimum absolute atomic E-state index is 0.204. The molecular weight excluding hydrogens is 637 g/mol. The number of pyridine rings is 1. The number of nitrogens with zero attached hydrogens (tertiary/aromatic N) is 7. The standard InChI is InChI=1S/C37H44FN9O3/c1-36(2,3)50-35(49)45-14-11-37(12-15-45)21-44(22-37)20-23-8-9-27(40-18-23)24-6-5-7-30-25(24)10-13-46(30)32-17-29(39-4)33-41-19-31(47(33)43-32)34(48)42-28-16-26(28)38/h5-9,17-19,26,28,39H,10-16,20-22H2,1-4H3,(H,42,48)/t26-,28+/m0/s1. The maximum absolute atomic E-state index is 13.5. The molecule has 12 nitrogen and oxygen atoms in total. The zero-order chi connectivity index (χ0) is 34.8. The summed E-state index contributed by atoms with van der Waals surface area (Å²) >= 11 is 0. The fourth-order valence-electron chi connectivity index (χ4n) is 7.65. The minimum Gasteiger partial charge on any atom is -0.444 e. The van der Waals surface area contributed by atoms with E-state index in [0.29, 0.717) is 17.9 Å². The van der Waals surface area contributed by atoms with Crippen LogP contribution in [0.3, 0.4) is 0 Å². The van der Waals surface area contributed by atoms with Gasteiger partial charge in [0.2, 0.25) is 0 Å². The van der Waals surface area contributed by atoms with E-state index in [4.69, 9.17) is 14.8 Å². The van der Waals surface area contributed by atoms with Gasteiger partial charge in [0.25, 0.3) is 5.91 Å². The van der Waals surface area contributed by atoms with Crippen molar-refractivity contribution in [3.63, 3.8) is 0 Å². The average Bonchev–Trinajstić information content (AvgIpc) is 3.42. The third kappa shape index (κ3) is 6.12. The Bertz CT molecular complexity index is 1940. The maximum atomic E-state index is 13.5. The van der Waals surface area contributed by atoms with E-state index in [2.05, 4.69) is 49.7 Å². The number of rotatable bonds is 7. The number of hydrogen-bond donors (Lipinski definition) is 2. The number of anilines is 3. The topological polar surface area (TPSA) is 120 Å². The third-order valence-electron chi connectivity index (χ3n) is 10.4. The first-order valence-electron chi connectivity index (χ1n) is 17.6. The lowest BCUT2D eigenvalue weighted by Crippen LogP contribution is -2.60. The van der Waals surface area contributed by atoms with Crippen LogP contribution in [0.1, 0.15) is 61.6 Å². The monoisotopic (exact) mass is 681 g/mol. The Morgan fingerprint density at radius 2 is 1.84 bits per heavy atom. The summed E-state index contributed by atoms with van der Waals surface area (Å²) < 4.78 is 20.6. The molecule has 3 aromatic heterocycles. The van der Waals surface area contributed by atoms with Gasteiger partial charge in [-0.05, 0) is 68.7 Å². The summed E-state index contributed by atoms with van der Waals surface area (Å²) in [6, 6.07) is 12.1. The molecule has 0 unspecified atom stereocenters. The molecule has 0 bridgehead atoms. The van der Waals surface area contributed by atoms with Gasteiger partial charge < -0.3 is 25.2 Å². The fourth-order valence-corrected chi connectivity index (χ4v) is 7.65. The summed E-state index contributed by atoms with van der Waals surface area (Å²) in [6.07, 6.45) is 5.46. The molecule has 0 radical (unpaired) electrons. The van der Waals surface area contributed by atoms with Gasteiger partial charge in [-0.2, -0.15) is 0 Å². The molecule has 3 fully saturated rings. The number of ether oxygens (including phenoxy) is 1. The molecule has 1 aromatic carbocycles. The highest BCUT2D eigenvalue weighted by Crippen LogP contribution is 2.42. The summed E-state index contributed by atoms with van der Waals surface area (Å²) in [7, 11) is 1.81. The molecule has 2 N–H and O–H groups in total. The molecule has 1 spiro atoms. The summed E-state index contributed by atoms with van der Waals surface area (Å²) in [5.41, 5.74) is 6.83. The number of fused-ring (bicyclic) bond motifs is 2. The number of carbonyl (C=O) groups excluding carboxylic acids is 2.